The Hall–Kier alpha value is -5.72. The van der Waals surface area contributed by atoms with Crippen LogP contribution >= 0.6 is 0 Å². The average Bonchev–Trinajstić information content (AvgIpc) is 3.09. The fraction of sp³-hybridized carbons (Fsp3) is 0. The van der Waals surface area contributed by atoms with Crippen LogP contribution in [-0.4, -0.2) is 0 Å². The molecule has 0 radical (unpaired) electrons. The van der Waals surface area contributed by atoms with E-state index in [-0.39, 0.29) is 0 Å². The first-order valence-corrected chi connectivity index (χ1v) is 15.3. The van der Waals surface area contributed by atoms with Gasteiger partial charge < -0.3 is 0 Å². The fourth-order valence-electron chi connectivity index (χ4n) is 7.12. The summed E-state index contributed by atoms with van der Waals surface area (Å²) in [7, 11) is 0. The lowest BCUT2D eigenvalue weighted by molar-refractivity contribution is 1.66. The largest absolute Gasteiger partial charge is 0.0616 e. The Balaban J connectivity index is 1.42. The molecule has 0 heterocycles. The molecular weight excluding hydrogens is 528 g/mol. The predicted molar refractivity (Wildman–Crippen MR) is 190 cm³/mol. The Labute approximate surface area is 256 Å². The topological polar surface area (TPSA) is 0 Å². The van der Waals surface area contributed by atoms with E-state index in [0.717, 1.165) is 0 Å². The molecule has 0 aromatic heterocycles. The van der Waals surface area contributed by atoms with E-state index in [1.165, 1.54) is 87.2 Å². The third-order valence-corrected chi connectivity index (χ3v) is 9.22. The highest BCUT2D eigenvalue weighted by molar-refractivity contribution is 6.21. The zero-order chi connectivity index (χ0) is 29.0. The lowest BCUT2D eigenvalue weighted by Gasteiger charge is -2.19. The molecule has 0 nitrogen and oxygen atoms in total. The maximum absolute atomic E-state index is 2.44. The standard InChI is InChI=1S/C44H28/c1-3-13-32-26-34(24-22-29(32)10-1)37-17-8-20-40-42(37)28-43-38(35-25-23-30-11-2-4-14-33(30)27-35)18-9-21-41(43)44(40)39-19-7-15-31-12-5-6-16-36(31)39/h1-28H. The molecule has 9 rings (SSSR count). The van der Waals surface area contributed by atoms with Gasteiger partial charge in [-0.3, -0.25) is 0 Å². The Morgan fingerprint density at radius 2 is 0.659 bits per heavy atom. The van der Waals surface area contributed by atoms with Gasteiger partial charge in [0.15, 0.2) is 0 Å². The van der Waals surface area contributed by atoms with Gasteiger partial charge in [0.2, 0.25) is 0 Å². The molecule has 0 amide bonds. The second kappa shape index (κ2) is 9.93. The quantitative estimate of drug-likeness (QED) is 0.190. The SMILES string of the molecule is c1ccc2cc(-c3cccc4c(-c5cccc6ccccc56)c5cccc(-c6ccc7ccccc7c6)c5cc34)ccc2c1. The van der Waals surface area contributed by atoms with Crippen molar-refractivity contribution in [3.8, 4) is 33.4 Å². The van der Waals surface area contributed by atoms with Gasteiger partial charge in [-0.25, -0.2) is 0 Å². The third kappa shape index (κ3) is 3.92. The molecule has 0 atom stereocenters. The van der Waals surface area contributed by atoms with Gasteiger partial charge in [0.1, 0.15) is 0 Å². The molecule has 0 saturated carbocycles. The minimum Gasteiger partial charge on any atom is -0.0616 e. The Morgan fingerprint density at radius 1 is 0.227 bits per heavy atom. The monoisotopic (exact) mass is 556 g/mol. The first kappa shape index (κ1) is 24.8. The molecule has 0 heteroatoms. The van der Waals surface area contributed by atoms with Crippen molar-refractivity contribution in [2.75, 3.05) is 0 Å². The summed E-state index contributed by atoms with van der Waals surface area (Å²) in [6.45, 7) is 0. The molecule has 0 aliphatic rings. The van der Waals surface area contributed by atoms with E-state index in [9.17, 15) is 0 Å². The molecule has 0 saturated heterocycles. The van der Waals surface area contributed by atoms with Crippen molar-refractivity contribution < 1.29 is 0 Å². The molecular formula is C44H28. The molecule has 0 fully saturated rings. The van der Waals surface area contributed by atoms with Crippen LogP contribution in [0, 0.1) is 0 Å². The molecule has 204 valence electrons. The number of benzene rings is 9. The fourth-order valence-corrected chi connectivity index (χ4v) is 7.12. The highest BCUT2D eigenvalue weighted by atomic mass is 14.2. The van der Waals surface area contributed by atoms with Crippen LogP contribution in [0.15, 0.2) is 170 Å². The Morgan fingerprint density at radius 3 is 1.25 bits per heavy atom. The van der Waals surface area contributed by atoms with Crippen LogP contribution in [0.1, 0.15) is 0 Å². The molecule has 0 N–H and O–H groups in total. The van der Waals surface area contributed by atoms with Gasteiger partial charge in [-0.2, -0.15) is 0 Å². The zero-order valence-corrected chi connectivity index (χ0v) is 24.2. The molecule has 0 bridgehead atoms. The first-order chi connectivity index (χ1) is 21.8. The van der Waals surface area contributed by atoms with Crippen molar-refractivity contribution in [2.45, 2.75) is 0 Å². The minimum absolute atomic E-state index is 1.24. The van der Waals surface area contributed by atoms with Gasteiger partial charge >= 0.3 is 0 Å². The van der Waals surface area contributed by atoms with Crippen LogP contribution in [0.3, 0.4) is 0 Å². The molecule has 9 aromatic rings. The maximum Gasteiger partial charge on any atom is -0.00201 e. The number of rotatable bonds is 3. The van der Waals surface area contributed by atoms with E-state index in [2.05, 4.69) is 170 Å². The summed E-state index contributed by atoms with van der Waals surface area (Å²) in [5.41, 5.74) is 7.54. The number of hydrogen-bond donors (Lipinski definition) is 0. The van der Waals surface area contributed by atoms with Gasteiger partial charge in [-0.1, -0.05) is 152 Å². The normalized spacial score (nSPS) is 11.6. The summed E-state index contributed by atoms with van der Waals surface area (Å²) >= 11 is 0. The van der Waals surface area contributed by atoms with Crippen LogP contribution in [0.5, 0.6) is 0 Å². The van der Waals surface area contributed by atoms with Crippen LogP contribution < -0.4 is 0 Å². The van der Waals surface area contributed by atoms with Gasteiger partial charge in [0, 0.05) is 0 Å². The molecule has 0 aliphatic heterocycles. The summed E-state index contributed by atoms with van der Waals surface area (Å²) in [5, 5.41) is 12.7. The van der Waals surface area contributed by atoms with E-state index >= 15 is 0 Å². The van der Waals surface area contributed by atoms with E-state index in [0.29, 0.717) is 0 Å². The van der Waals surface area contributed by atoms with Gasteiger partial charge in [-0.05, 0) is 105 Å². The van der Waals surface area contributed by atoms with E-state index in [1.54, 1.807) is 0 Å². The number of fused-ring (bicyclic) bond motifs is 5. The van der Waals surface area contributed by atoms with Gasteiger partial charge in [0.05, 0.1) is 0 Å². The summed E-state index contributed by atoms with van der Waals surface area (Å²) in [5.74, 6) is 0. The van der Waals surface area contributed by atoms with E-state index in [1.807, 2.05) is 0 Å². The van der Waals surface area contributed by atoms with Gasteiger partial charge in [-0.15, -0.1) is 0 Å². The van der Waals surface area contributed by atoms with Crippen molar-refractivity contribution in [1.82, 2.24) is 0 Å². The summed E-state index contributed by atoms with van der Waals surface area (Å²) in [6.07, 6.45) is 0. The second-order valence-electron chi connectivity index (χ2n) is 11.7. The van der Waals surface area contributed by atoms with Crippen molar-refractivity contribution in [2.24, 2.45) is 0 Å². The van der Waals surface area contributed by atoms with Crippen molar-refractivity contribution >= 4 is 53.9 Å². The van der Waals surface area contributed by atoms with Gasteiger partial charge in [0.25, 0.3) is 0 Å². The van der Waals surface area contributed by atoms with Crippen molar-refractivity contribution in [1.29, 1.82) is 0 Å². The molecule has 44 heavy (non-hydrogen) atoms. The van der Waals surface area contributed by atoms with E-state index < -0.39 is 0 Å². The molecule has 0 aliphatic carbocycles. The van der Waals surface area contributed by atoms with Crippen LogP contribution in [-0.2, 0) is 0 Å². The van der Waals surface area contributed by atoms with E-state index in [4.69, 9.17) is 0 Å². The lowest BCUT2D eigenvalue weighted by atomic mass is 9.85. The Kier molecular flexibility index (Phi) is 5.61. The number of hydrogen-bond acceptors (Lipinski definition) is 0. The molecule has 0 unspecified atom stereocenters. The smallest absolute Gasteiger partial charge is 0.00201 e. The summed E-state index contributed by atoms with van der Waals surface area (Å²) in [6, 6.07) is 62.5. The van der Waals surface area contributed by atoms with Crippen molar-refractivity contribution in [3.05, 3.63) is 170 Å². The maximum atomic E-state index is 2.44. The second-order valence-corrected chi connectivity index (χ2v) is 11.7. The molecule has 9 aromatic carbocycles. The first-order valence-electron chi connectivity index (χ1n) is 15.3. The highest BCUT2D eigenvalue weighted by Crippen LogP contribution is 2.45. The summed E-state index contributed by atoms with van der Waals surface area (Å²) in [4.78, 5) is 0. The summed E-state index contributed by atoms with van der Waals surface area (Å²) < 4.78 is 0. The van der Waals surface area contributed by atoms with Crippen LogP contribution in [0.4, 0.5) is 0 Å². The van der Waals surface area contributed by atoms with Crippen LogP contribution in [0.25, 0.3) is 87.2 Å². The zero-order valence-electron chi connectivity index (χ0n) is 24.2. The Bertz CT molecular complexity index is 2410. The van der Waals surface area contributed by atoms with Crippen LogP contribution in [0.2, 0.25) is 0 Å². The highest BCUT2D eigenvalue weighted by Gasteiger charge is 2.17. The predicted octanol–water partition coefficient (Wildman–Crippen LogP) is 12.5. The van der Waals surface area contributed by atoms with Crippen molar-refractivity contribution in [3.63, 3.8) is 0 Å². The third-order valence-electron chi connectivity index (χ3n) is 9.22. The average molecular weight is 557 g/mol. The lowest BCUT2D eigenvalue weighted by Crippen LogP contribution is -1.91. The molecule has 0 spiro atoms. The minimum atomic E-state index is 1.24.